The summed E-state index contributed by atoms with van der Waals surface area (Å²) in [4.78, 5) is 24.7. The molecule has 128 valence electrons. The Labute approximate surface area is 137 Å². The molecule has 6 heteroatoms. The Morgan fingerprint density at radius 1 is 1.17 bits per heavy atom. The van der Waals surface area contributed by atoms with E-state index in [1.807, 2.05) is 6.92 Å². The first kappa shape index (κ1) is 19.3. The summed E-state index contributed by atoms with van der Waals surface area (Å²) in [6.07, 6.45) is 4.28. The highest BCUT2D eigenvalue weighted by Crippen LogP contribution is 2.12. The van der Waals surface area contributed by atoms with Gasteiger partial charge in [0, 0.05) is 18.3 Å². The lowest BCUT2D eigenvalue weighted by Crippen LogP contribution is -2.89. The molecule has 0 atom stereocenters. The largest absolute Gasteiger partial charge is 0.379 e. The fraction of sp³-hybridized carbons (Fsp3) is 0.529. The van der Waals surface area contributed by atoms with E-state index in [2.05, 4.69) is 13.2 Å². The number of hydrogen-bond acceptors (Lipinski definition) is 4. The highest BCUT2D eigenvalue weighted by molar-refractivity contribution is 5.93. The lowest BCUT2D eigenvalue weighted by Gasteiger charge is -2.15. The second-order valence-electron chi connectivity index (χ2n) is 5.46. The number of rotatable bonds is 12. The van der Waals surface area contributed by atoms with Crippen LogP contribution in [-0.4, -0.2) is 56.2 Å². The predicted molar refractivity (Wildman–Crippen MR) is 87.5 cm³/mol. The van der Waals surface area contributed by atoms with Gasteiger partial charge < -0.3 is 14.4 Å². The molecule has 0 radical (unpaired) electrons. The molecule has 0 aromatic heterocycles. The van der Waals surface area contributed by atoms with Crippen molar-refractivity contribution in [2.24, 2.45) is 0 Å². The van der Waals surface area contributed by atoms with E-state index in [1.165, 1.54) is 11.0 Å². The van der Waals surface area contributed by atoms with E-state index in [0.717, 1.165) is 12.0 Å². The number of nitrogens with zero attached hydrogens (tertiary/aromatic N) is 1. The first-order chi connectivity index (χ1) is 11.0. The van der Waals surface area contributed by atoms with Gasteiger partial charge in [0.05, 0.1) is 32.8 Å². The van der Waals surface area contributed by atoms with E-state index in [-0.39, 0.29) is 11.8 Å². The topological polar surface area (TPSA) is 72.5 Å². The Morgan fingerprint density at radius 3 is 2.48 bits per heavy atom. The molecule has 0 bridgehead atoms. The van der Waals surface area contributed by atoms with Gasteiger partial charge >= 0.3 is 5.91 Å². The molecule has 0 aromatic carbocycles. The van der Waals surface area contributed by atoms with Crippen molar-refractivity contribution in [2.75, 3.05) is 39.5 Å². The van der Waals surface area contributed by atoms with Gasteiger partial charge in [0.1, 0.15) is 6.54 Å². The van der Waals surface area contributed by atoms with E-state index < -0.39 is 0 Å². The van der Waals surface area contributed by atoms with Gasteiger partial charge in [-0.3, -0.25) is 10.1 Å². The van der Waals surface area contributed by atoms with Crippen LogP contribution in [0.5, 0.6) is 0 Å². The third-order valence-electron chi connectivity index (χ3n) is 3.29. The lowest BCUT2D eigenvalue weighted by atomic mass is 10.3. The predicted octanol–water partition coefficient (Wildman–Crippen LogP) is 0.378. The normalized spacial score (nSPS) is 13.9. The first-order valence-corrected chi connectivity index (χ1v) is 7.85. The first-order valence-electron chi connectivity index (χ1n) is 7.85. The molecule has 1 heterocycles. The average Bonchev–Trinajstić information content (AvgIpc) is 2.82. The maximum absolute atomic E-state index is 11.7. The number of amides is 2. The van der Waals surface area contributed by atoms with E-state index >= 15 is 0 Å². The van der Waals surface area contributed by atoms with Gasteiger partial charge in [0.15, 0.2) is 0 Å². The second-order valence-corrected chi connectivity index (χ2v) is 5.46. The molecule has 0 saturated carbocycles. The highest BCUT2D eigenvalue weighted by Gasteiger charge is 2.19. The maximum atomic E-state index is 11.7. The Hall–Kier alpha value is -1.76. The van der Waals surface area contributed by atoms with Gasteiger partial charge in [0.25, 0.3) is 5.91 Å². The third kappa shape index (κ3) is 8.44. The molecule has 0 fully saturated rings. The van der Waals surface area contributed by atoms with Crippen molar-refractivity contribution in [3.63, 3.8) is 0 Å². The Kier molecular flexibility index (Phi) is 9.12. The number of carbonyl (C=O) groups excluding carboxylic acids is 2. The Morgan fingerprint density at radius 2 is 1.87 bits per heavy atom. The Bertz CT molecular complexity index is 453. The smallest absolute Gasteiger partial charge is 0.312 e. The van der Waals surface area contributed by atoms with Crippen molar-refractivity contribution in [2.45, 2.75) is 19.8 Å². The third-order valence-corrected chi connectivity index (χ3v) is 3.29. The van der Waals surface area contributed by atoms with Crippen LogP contribution in [0.15, 0.2) is 36.6 Å². The van der Waals surface area contributed by atoms with Crippen LogP contribution in [0.1, 0.15) is 19.8 Å². The molecule has 0 aliphatic carbocycles. The zero-order valence-corrected chi connectivity index (χ0v) is 13.9. The minimum Gasteiger partial charge on any atom is -0.379 e. The average molecular weight is 323 g/mol. The lowest BCUT2D eigenvalue weighted by molar-refractivity contribution is -0.571. The van der Waals surface area contributed by atoms with Crippen molar-refractivity contribution in [3.05, 3.63) is 36.6 Å². The number of primary amides is 1. The number of nitrogens with two attached hydrogens (primary N) is 1. The van der Waals surface area contributed by atoms with Crippen LogP contribution in [0.25, 0.3) is 0 Å². The van der Waals surface area contributed by atoms with Gasteiger partial charge in [-0.1, -0.05) is 12.2 Å². The van der Waals surface area contributed by atoms with Crippen molar-refractivity contribution in [1.29, 1.82) is 0 Å². The molecule has 6 nitrogen and oxygen atoms in total. The number of hydrogen-bond donors (Lipinski definition) is 1. The van der Waals surface area contributed by atoms with Crippen LogP contribution < -0.4 is 5.32 Å². The van der Waals surface area contributed by atoms with Gasteiger partial charge in [-0.05, 0) is 19.4 Å². The molecule has 23 heavy (non-hydrogen) atoms. The summed E-state index contributed by atoms with van der Waals surface area (Å²) in [5.41, 5.74) is 1.74. The standard InChI is InChI=1S/C17H26N2O4/c1-14(2)7-10-22-12-13-23-11-8-18-16(20)6-9-19-15(3)4-5-17(19)21/h4-5H,1,3,6-13H2,2H3,(H,18,20)/p+1. The van der Waals surface area contributed by atoms with Crippen molar-refractivity contribution in [1.82, 2.24) is 4.90 Å². The summed E-state index contributed by atoms with van der Waals surface area (Å²) in [5, 5.41) is 1.61. The molecule has 1 aliphatic heterocycles. The van der Waals surface area contributed by atoms with E-state index in [1.54, 1.807) is 11.4 Å². The minimum absolute atomic E-state index is 0.0128. The maximum Gasteiger partial charge on any atom is 0.312 e. The van der Waals surface area contributed by atoms with E-state index in [9.17, 15) is 9.59 Å². The van der Waals surface area contributed by atoms with Crippen LogP contribution >= 0.6 is 0 Å². The fourth-order valence-electron chi connectivity index (χ4n) is 1.94. The molecule has 0 aromatic rings. The van der Waals surface area contributed by atoms with E-state index in [4.69, 9.17) is 9.47 Å². The number of allylic oxidation sites excluding steroid dienone is 1. The zero-order chi connectivity index (χ0) is 17.1. The van der Waals surface area contributed by atoms with Gasteiger partial charge in [-0.25, -0.2) is 4.79 Å². The summed E-state index contributed by atoms with van der Waals surface area (Å²) in [6.45, 7) is 12.7. The van der Waals surface area contributed by atoms with Gasteiger partial charge in [0.2, 0.25) is 0 Å². The molecule has 0 spiro atoms. The highest BCUT2D eigenvalue weighted by atomic mass is 16.5. The molecular formula is C17H27N2O4+. The van der Waals surface area contributed by atoms with Crippen molar-refractivity contribution >= 4 is 11.8 Å². The molecule has 2 amide bonds. The quantitative estimate of drug-likeness (QED) is 0.416. The zero-order valence-electron chi connectivity index (χ0n) is 13.9. The van der Waals surface area contributed by atoms with Crippen LogP contribution in [0, 0.1) is 0 Å². The summed E-state index contributed by atoms with van der Waals surface area (Å²) >= 11 is 0. The number of carbonyl (C=O) groups is 2. The molecule has 1 aliphatic rings. The van der Waals surface area contributed by atoms with Crippen LogP contribution in [0.3, 0.4) is 0 Å². The van der Waals surface area contributed by atoms with Gasteiger partial charge in [-0.15, -0.1) is 6.58 Å². The molecular weight excluding hydrogens is 296 g/mol. The molecule has 2 N–H and O–H groups in total. The molecule has 0 saturated heterocycles. The molecule has 0 unspecified atom stereocenters. The SMILES string of the molecule is C=C(C)CCOCCOCC[NH2+]C(=O)CCN1C(=C)C=CC1=O. The number of quaternary nitrogens is 1. The van der Waals surface area contributed by atoms with Crippen LogP contribution in [0.4, 0.5) is 0 Å². The minimum atomic E-state index is -0.113. The van der Waals surface area contributed by atoms with Crippen LogP contribution in [-0.2, 0) is 19.1 Å². The summed E-state index contributed by atoms with van der Waals surface area (Å²) < 4.78 is 10.8. The second kappa shape index (κ2) is 10.9. The van der Waals surface area contributed by atoms with Crippen molar-refractivity contribution in [3.8, 4) is 0 Å². The molecule has 1 rings (SSSR count). The number of ether oxygens (including phenoxy) is 2. The summed E-state index contributed by atoms with van der Waals surface area (Å²) in [7, 11) is 0. The van der Waals surface area contributed by atoms with Crippen LogP contribution in [0.2, 0.25) is 0 Å². The monoisotopic (exact) mass is 323 g/mol. The fourth-order valence-corrected chi connectivity index (χ4v) is 1.94. The van der Waals surface area contributed by atoms with E-state index in [0.29, 0.717) is 51.6 Å². The summed E-state index contributed by atoms with van der Waals surface area (Å²) in [6, 6.07) is 0. The van der Waals surface area contributed by atoms with Crippen molar-refractivity contribution < 1.29 is 24.4 Å². The van der Waals surface area contributed by atoms with Gasteiger partial charge in [-0.2, -0.15) is 0 Å². The summed E-state index contributed by atoms with van der Waals surface area (Å²) in [5.74, 6) is -0.100. The Balaban J connectivity index is 1.93.